The summed E-state index contributed by atoms with van der Waals surface area (Å²) in [6.07, 6.45) is 3.44. The minimum absolute atomic E-state index is 0.00463. The highest BCUT2D eigenvalue weighted by atomic mass is 32.2. The van der Waals surface area contributed by atoms with Gasteiger partial charge in [0.2, 0.25) is 5.91 Å². The molecule has 1 saturated heterocycles. The molecule has 0 saturated carbocycles. The summed E-state index contributed by atoms with van der Waals surface area (Å²) in [7, 11) is -2.85. The van der Waals surface area contributed by atoms with E-state index in [1.807, 2.05) is 12.1 Å². The number of carbonyl (C=O) groups excluding carboxylic acids is 1. The van der Waals surface area contributed by atoms with E-state index in [2.05, 4.69) is 5.32 Å². The topological polar surface area (TPSA) is 83.5 Å². The third-order valence-corrected chi connectivity index (χ3v) is 5.84. The van der Waals surface area contributed by atoms with E-state index in [4.69, 9.17) is 0 Å². The summed E-state index contributed by atoms with van der Waals surface area (Å²) in [6, 6.07) is 7.06. The fourth-order valence-electron chi connectivity index (χ4n) is 2.71. The lowest BCUT2D eigenvalue weighted by atomic mass is 10.0. The van der Waals surface area contributed by atoms with E-state index >= 15 is 0 Å². The van der Waals surface area contributed by atoms with Gasteiger partial charge in [-0.1, -0.05) is 12.1 Å². The predicted molar refractivity (Wildman–Crippen MR) is 85.4 cm³/mol. The number of nitrogens with one attached hydrogen (secondary N) is 1. The lowest BCUT2D eigenvalue weighted by Gasteiger charge is -2.08. The summed E-state index contributed by atoms with van der Waals surface area (Å²) >= 11 is 0. The molecule has 0 radical (unpaired) electrons. The molecule has 5 nitrogen and oxygen atoms in total. The van der Waals surface area contributed by atoms with E-state index in [0.717, 1.165) is 18.4 Å². The third-order valence-electron chi connectivity index (χ3n) is 4.01. The monoisotopic (exact) mass is 325 g/mol. The van der Waals surface area contributed by atoms with E-state index in [0.29, 0.717) is 25.8 Å². The number of amides is 1. The van der Waals surface area contributed by atoms with E-state index in [9.17, 15) is 18.3 Å². The maximum atomic E-state index is 11.7. The fraction of sp³-hybridized carbons (Fsp3) is 0.562. The SMILES string of the molecule is O=C(CCC1CCS(=O)(=O)C1)NCCCc1ccc(O)cc1. The van der Waals surface area contributed by atoms with Gasteiger partial charge in [0.25, 0.3) is 0 Å². The highest BCUT2D eigenvalue weighted by Gasteiger charge is 2.27. The second kappa shape index (κ2) is 7.63. The lowest BCUT2D eigenvalue weighted by Crippen LogP contribution is -2.25. The molecule has 1 aromatic rings. The first kappa shape index (κ1) is 16.8. The van der Waals surface area contributed by atoms with Crippen LogP contribution in [0.25, 0.3) is 0 Å². The summed E-state index contributed by atoms with van der Waals surface area (Å²) in [5.41, 5.74) is 1.13. The van der Waals surface area contributed by atoms with Crippen molar-refractivity contribution in [1.29, 1.82) is 0 Å². The van der Waals surface area contributed by atoms with Crippen molar-refractivity contribution in [1.82, 2.24) is 5.32 Å². The van der Waals surface area contributed by atoms with Gasteiger partial charge in [-0.15, -0.1) is 0 Å². The molecule has 6 heteroatoms. The quantitative estimate of drug-likeness (QED) is 0.747. The number of sulfone groups is 1. The summed E-state index contributed by atoms with van der Waals surface area (Å²) in [5, 5.41) is 12.1. The van der Waals surface area contributed by atoms with Gasteiger partial charge in [0.15, 0.2) is 9.84 Å². The van der Waals surface area contributed by atoms with Gasteiger partial charge in [0, 0.05) is 13.0 Å². The first-order valence-electron chi connectivity index (χ1n) is 7.70. The molecule has 1 aliphatic heterocycles. The van der Waals surface area contributed by atoms with Crippen LogP contribution in [0.4, 0.5) is 0 Å². The standard InChI is InChI=1S/C16H23NO4S/c18-15-6-3-13(4-7-15)2-1-10-17-16(19)8-5-14-9-11-22(20,21)12-14/h3-4,6-7,14,18H,1-2,5,8-12H2,(H,17,19). The second-order valence-electron chi connectivity index (χ2n) is 5.93. The van der Waals surface area contributed by atoms with Gasteiger partial charge in [-0.05, 0) is 49.3 Å². The molecular formula is C16H23NO4S. The molecule has 0 aliphatic carbocycles. The molecule has 1 aliphatic rings. The van der Waals surface area contributed by atoms with Crippen LogP contribution in [-0.2, 0) is 21.1 Å². The van der Waals surface area contributed by atoms with Crippen molar-refractivity contribution in [2.45, 2.75) is 32.1 Å². The van der Waals surface area contributed by atoms with Crippen LogP contribution >= 0.6 is 0 Å². The van der Waals surface area contributed by atoms with Crippen LogP contribution in [0.5, 0.6) is 5.75 Å². The Bertz CT molecular complexity index is 595. The molecule has 0 bridgehead atoms. The number of phenols is 1. The van der Waals surface area contributed by atoms with Crippen molar-refractivity contribution in [3.8, 4) is 5.75 Å². The van der Waals surface area contributed by atoms with Crippen molar-refractivity contribution in [3.05, 3.63) is 29.8 Å². The first-order chi connectivity index (χ1) is 10.4. The van der Waals surface area contributed by atoms with Crippen LogP contribution in [0.3, 0.4) is 0 Å². The number of benzene rings is 1. The molecule has 1 unspecified atom stereocenters. The molecule has 122 valence electrons. The maximum Gasteiger partial charge on any atom is 0.220 e. The van der Waals surface area contributed by atoms with E-state index in [1.165, 1.54) is 0 Å². The highest BCUT2D eigenvalue weighted by molar-refractivity contribution is 7.91. The lowest BCUT2D eigenvalue weighted by molar-refractivity contribution is -0.121. The molecule has 0 spiro atoms. The van der Waals surface area contributed by atoms with Crippen LogP contribution in [0.2, 0.25) is 0 Å². The number of aryl methyl sites for hydroxylation is 1. The summed E-state index contributed by atoms with van der Waals surface area (Å²) in [4.78, 5) is 11.7. The van der Waals surface area contributed by atoms with Crippen LogP contribution in [0.15, 0.2) is 24.3 Å². The van der Waals surface area contributed by atoms with Gasteiger partial charge in [0.05, 0.1) is 11.5 Å². The molecule has 2 N–H and O–H groups in total. The number of hydrogen-bond acceptors (Lipinski definition) is 4. The van der Waals surface area contributed by atoms with Crippen LogP contribution < -0.4 is 5.32 Å². The highest BCUT2D eigenvalue weighted by Crippen LogP contribution is 2.22. The number of hydrogen-bond donors (Lipinski definition) is 2. The van der Waals surface area contributed by atoms with E-state index in [1.54, 1.807) is 12.1 Å². The van der Waals surface area contributed by atoms with Crippen LogP contribution in [0, 0.1) is 5.92 Å². The average molecular weight is 325 g/mol. The number of aromatic hydroxyl groups is 1. The second-order valence-corrected chi connectivity index (χ2v) is 8.16. The minimum Gasteiger partial charge on any atom is -0.508 e. The summed E-state index contributed by atoms with van der Waals surface area (Å²) < 4.78 is 22.7. The summed E-state index contributed by atoms with van der Waals surface area (Å²) in [6.45, 7) is 0.614. The summed E-state index contributed by atoms with van der Waals surface area (Å²) in [5.74, 6) is 0.904. The van der Waals surface area contributed by atoms with Gasteiger partial charge in [-0.2, -0.15) is 0 Å². The Labute approximate surface area is 131 Å². The molecule has 1 amide bonds. The zero-order valence-corrected chi connectivity index (χ0v) is 13.4. The van der Waals surface area contributed by atoms with E-state index in [-0.39, 0.29) is 29.1 Å². The fourth-order valence-corrected chi connectivity index (χ4v) is 4.62. The van der Waals surface area contributed by atoms with Crippen molar-refractivity contribution < 1.29 is 18.3 Å². The predicted octanol–water partition coefficient (Wildman–Crippen LogP) is 1.66. The molecule has 1 aromatic carbocycles. The molecular weight excluding hydrogens is 302 g/mol. The normalized spacial score (nSPS) is 19.9. The smallest absolute Gasteiger partial charge is 0.220 e. The van der Waals surface area contributed by atoms with E-state index < -0.39 is 9.84 Å². The van der Waals surface area contributed by atoms with Crippen LogP contribution in [0.1, 0.15) is 31.2 Å². The molecule has 2 rings (SSSR count). The number of rotatable bonds is 7. The molecule has 1 fully saturated rings. The molecule has 0 aromatic heterocycles. The Balaban J connectivity index is 1.57. The van der Waals surface area contributed by atoms with Gasteiger partial charge in [-0.3, -0.25) is 4.79 Å². The van der Waals surface area contributed by atoms with Crippen LogP contribution in [-0.4, -0.2) is 37.5 Å². The molecule has 22 heavy (non-hydrogen) atoms. The zero-order chi connectivity index (χ0) is 16.0. The Morgan fingerprint density at radius 3 is 2.64 bits per heavy atom. The Morgan fingerprint density at radius 2 is 2.00 bits per heavy atom. The third kappa shape index (κ3) is 5.67. The average Bonchev–Trinajstić information content (AvgIpc) is 2.83. The van der Waals surface area contributed by atoms with Crippen molar-refractivity contribution in [2.75, 3.05) is 18.1 Å². The minimum atomic E-state index is -2.85. The molecule has 1 heterocycles. The van der Waals surface area contributed by atoms with Gasteiger partial charge in [-0.25, -0.2) is 8.42 Å². The Morgan fingerprint density at radius 1 is 1.27 bits per heavy atom. The number of phenolic OH excluding ortho intramolecular Hbond substituents is 1. The van der Waals surface area contributed by atoms with Gasteiger partial charge < -0.3 is 10.4 Å². The van der Waals surface area contributed by atoms with Gasteiger partial charge in [0.1, 0.15) is 5.75 Å². The first-order valence-corrected chi connectivity index (χ1v) is 9.52. The van der Waals surface area contributed by atoms with Crippen molar-refractivity contribution in [3.63, 3.8) is 0 Å². The number of carbonyl (C=O) groups is 1. The van der Waals surface area contributed by atoms with Crippen molar-refractivity contribution >= 4 is 15.7 Å². The molecule has 1 atom stereocenters. The Hall–Kier alpha value is -1.56. The maximum absolute atomic E-state index is 11.7. The zero-order valence-electron chi connectivity index (χ0n) is 12.6. The van der Waals surface area contributed by atoms with Crippen molar-refractivity contribution in [2.24, 2.45) is 5.92 Å². The largest absolute Gasteiger partial charge is 0.508 e. The Kier molecular flexibility index (Phi) is 5.83. The van der Waals surface area contributed by atoms with Gasteiger partial charge >= 0.3 is 0 Å².